The van der Waals surface area contributed by atoms with E-state index in [1.165, 1.54) is 0 Å². The summed E-state index contributed by atoms with van der Waals surface area (Å²) in [7, 11) is 0. The second-order valence-corrected chi connectivity index (χ2v) is 5.73. The lowest BCUT2D eigenvalue weighted by atomic mass is 10.2. The summed E-state index contributed by atoms with van der Waals surface area (Å²) in [6.07, 6.45) is 2.04. The Balaban J connectivity index is 2.34. The van der Waals surface area contributed by atoms with Gasteiger partial charge in [-0.1, -0.05) is 19.9 Å². The molecule has 19 heavy (non-hydrogen) atoms. The van der Waals surface area contributed by atoms with Crippen molar-refractivity contribution in [1.29, 1.82) is 0 Å². The Kier molecular flexibility index (Phi) is 8.67. The van der Waals surface area contributed by atoms with Crippen LogP contribution in [0.25, 0.3) is 0 Å². The second kappa shape index (κ2) is 10.1. The highest BCUT2D eigenvalue weighted by atomic mass is 32.2. The van der Waals surface area contributed by atoms with Gasteiger partial charge in [0.2, 0.25) is 0 Å². The lowest BCUT2D eigenvalue weighted by molar-refractivity contribution is 0.302. The van der Waals surface area contributed by atoms with Gasteiger partial charge < -0.3 is 10.1 Å². The van der Waals surface area contributed by atoms with Crippen molar-refractivity contribution >= 4 is 11.8 Å². The molecule has 0 unspecified atom stereocenters. The fourth-order valence-corrected chi connectivity index (χ4v) is 2.28. The molecule has 0 amide bonds. The van der Waals surface area contributed by atoms with Crippen molar-refractivity contribution in [2.45, 2.75) is 33.2 Å². The molecule has 0 bridgehead atoms. The molecule has 1 N–H and O–H groups in total. The monoisotopic (exact) mass is 285 g/mol. The molecular formula is C15H24FNOS. The number of halogens is 1. The molecular weight excluding hydrogens is 261 g/mol. The number of rotatable bonds is 10. The summed E-state index contributed by atoms with van der Waals surface area (Å²) in [5.74, 6) is 2.28. The van der Waals surface area contributed by atoms with Crippen molar-refractivity contribution in [2.24, 2.45) is 0 Å². The van der Waals surface area contributed by atoms with E-state index in [1.807, 2.05) is 17.8 Å². The van der Waals surface area contributed by atoms with E-state index in [0.717, 1.165) is 36.5 Å². The van der Waals surface area contributed by atoms with E-state index in [0.29, 0.717) is 18.9 Å². The van der Waals surface area contributed by atoms with Crippen LogP contribution in [0, 0.1) is 5.82 Å². The Bertz CT molecular complexity index is 360. The number of benzene rings is 1. The maximum Gasteiger partial charge on any atom is 0.165 e. The first-order valence-electron chi connectivity index (χ1n) is 6.97. The molecule has 0 aliphatic heterocycles. The number of thioether (sulfide) groups is 1. The Labute approximate surface area is 120 Å². The van der Waals surface area contributed by atoms with Crippen LogP contribution in [0.1, 0.15) is 32.3 Å². The maximum atomic E-state index is 13.8. The van der Waals surface area contributed by atoms with E-state index < -0.39 is 0 Å². The number of nitrogens with one attached hydrogen (secondary N) is 1. The van der Waals surface area contributed by atoms with Gasteiger partial charge >= 0.3 is 0 Å². The van der Waals surface area contributed by atoms with Crippen molar-refractivity contribution in [3.05, 3.63) is 29.6 Å². The molecule has 0 aliphatic carbocycles. The minimum Gasteiger partial charge on any atom is -0.490 e. The van der Waals surface area contributed by atoms with E-state index in [9.17, 15) is 4.39 Å². The third-order valence-corrected chi connectivity index (χ3v) is 3.63. The summed E-state index contributed by atoms with van der Waals surface area (Å²) in [5, 5.41) is 3.25. The van der Waals surface area contributed by atoms with Gasteiger partial charge in [-0.25, -0.2) is 4.39 Å². The molecule has 1 aromatic carbocycles. The molecule has 0 saturated heterocycles. The standard InChI is InChI=1S/C15H24FNOS/c1-3-8-17-12-13-6-7-15(14(16)11-13)18-9-5-10-19-4-2/h6-7,11,17H,3-5,8-10,12H2,1-2H3. The molecule has 2 nitrogen and oxygen atoms in total. The van der Waals surface area contributed by atoms with Crippen molar-refractivity contribution < 1.29 is 9.13 Å². The molecule has 0 spiro atoms. The van der Waals surface area contributed by atoms with Crippen molar-refractivity contribution in [3.63, 3.8) is 0 Å². The number of ether oxygens (including phenoxy) is 1. The second-order valence-electron chi connectivity index (χ2n) is 4.34. The van der Waals surface area contributed by atoms with Crippen LogP contribution in [-0.2, 0) is 6.54 Å². The van der Waals surface area contributed by atoms with E-state index in [1.54, 1.807) is 12.1 Å². The van der Waals surface area contributed by atoms with Crippen LogP contribution < -0.4 is 10.1 Å². The van der Waals surface area contributed by atoms with Crippen LogP contribution in [0.4, 0.5) is 4.39 Å². The van der Waals surface area contributed by atoms with Gasteiger partial charge in [0.1, 0.15) is 0 Å². The zero-order chi connectivity index (χ0) is 13.9. The Hall–Kier alpha value is -0.740. The fraction of sp³-hybridized carbons (Fsp3) is 0.600. The highest BCUT2D eigenvalue weighted by Gasteiger charge is 2.04. The zero-order valence-corrected chi connectivity index (χ0v) is 12.7. The van der Waals surface area contributed by atoms with Crippen molar-refractivity contribution in [1.82, 2.24) is 5.32 Å². The van der Waals surface area contributed by atoms with Gasteiger partial charge in [0.25, 0.3) is 0 Å². The quantitative estimate of drug-likeness (QED) is 0.660. The molecule has 0 heterocycles. The topological polar surface area (TPSA) is 21.3 Å². The van der Waals surface area contributed by atoms with Gasteiger partial charge in [-0.05, 0) is 48.6 Å². The minimum absolute atomic E-state index is 0.265. The maximum absolute atomic E-state index is 13.8. The van der Waals surface area contributed by atoms with Crippen LogP contribution in [0.2, 0.25) is 0 Å². The molecule has 1 rings (SSSR count). The van der Waals surface area contributed by atoms with E-state index in [4.69, 9.17) is 4.74 Å². The first-order chi connectivity index (χ1) is 9.27. The van der Waals surface area contributed by atoms with Gasteiger partial charge in [0, 0.05) is 6.54 Å². The third-order valence-electron chi connectivity index (χ3n) is 2.65. The van der Waals surface area contributed by atoms with Crippen LogP contribution in [-0.4, -0.2) is 24.7 Å². The zero-order valence-electron chi connectivity index (χ0n) is 11.9. The fourth-order valence-electron chi connectivity index (χ4n) is 1.67. The first kappa shape index (κ1) is 16.3. The molecule has 0 atom stereocenters. The van der Waals surface area contributed by atoms with Crippen LogP contribution in [0.3, 0.4) is 0 Å². The highest BCUT2D eigenvalue weighted by molar-refractivity contribution is 7.99. The van der Waals surface area contributed by atoms with Crippen LogP contribution in [0.15, 0.2) is 18.2 Å². The predicted molar refractivity (Wildman–Crippen MR) is 81.5 cm³/mol. The van der Waals surface area contributed by atoms with E-state index in [-0.39, 0.29) is 5.82 Å². The summed E-state index contributed by atoms with van der Waals surface area (Å²) < 4.78 is 19.2. The lowest BCUT2D eigenvalue weighted by Gasteiger charge is -2.09. The van der Waals surface area contributed by atoms with Gasteiger partial charge in [-0.15, -0.1) is 0 Å². The molecule has 0 saturated carbocycles. The van der Waals surface area contributed by atoms with Gasteiger partial charge in [0.05, 0.1) is 6.61 Å². The third kappa shape index (κ3) is 6.83. The molecule has 0 aromatic heterocycles. The minimum atomic E-state index is -0.265. The normalized spacial score (nSPS) is 10.7. The molecule has 0 fully saturated rings. The van der Waals surface area contributed by atoms with Gasteiger partial charge in [-0.3, -0.25) is 0 Å². The molecule has 1 aromatic rings. The number of hydrogen-bond donors (Lipinski definition) is 1. The predicted octanol–water partition coefficient (Wildman–Crippen LogP) is 3.85. The average Bonchev–Trinajstić information content (AvgIpc) is 2.41. The van der Waals surface area contributed by atoms with Crippen LogP contribution in [0.5, 0.6) is 5.75 Å². The SMILES string of the molecule is CCCNCc1ccc(OCCCSCC)c(F)c1. The average molecular weight is 285 g/mol. The molecule has 108 valence electrons. The summed E-state index contributed by atoms with van der Waals surface area (Å²) in [6.45, 7) is 6.49. The largest absolute Gasteiger partial charge is 0.490 e. The molecule has 4 heteroatoms. The highest BCUT2D eigenvalue weighted by Crippen LogP contribution is 2.18. The lowest BCUT2D eigenvalue weighted by Crippen LogP contribution is -2.13. The molecule has 0 aliphatic rings. The van der Waals surface area contributed by atoms with Gasteiger partial charge in [0.15, 0.2) is 11.6 Å². The summed E-state index contributed by atoms with van der Waals surface area (Å²) in [5.41, 5.74) is 0.958. The van der Waals surface area contributed by atoms with E-state index >= 15 is 0 Å². The Morgan fingerprint density at radius 1 is 1.32 bits per heavy atom. The summed E-state index contributed by atoms with van der Waals surface area (Å²) in [6, 6.07) is 5.20. The van der Waals surface area contributed by atoms with Crippen molar-refractivity contribution in [3.8, 4) is 5.75 Å². The summed E-state index contributed by atoms with van der Waals surface area (Å²) in [4.78, 5) is 0. The van der Waals surface area contributed by atoms with E-state index in [2.05, 4.69) is 19.2 Å². The van der Waals surface area contributed by atoms with Crippen molar-refractivity contribution in [2.75, 3.05) is 24.7 Å². The van der Waals surface area contributed by atoms with Crippen LogP contribution >= 0.6 is 11.8 Å². The Morgan fingerprint density at radius 3 is 2.84 bits per heavy atom. The Morgan fingerprint density at radius 2 is 2.16 bits per heavy atom. The smallest absolute Gasteiger partial charge is 0.165 e. The summed E-state index contributed by atoms with van der Waals surface area (Å²) >= 11 is 1.88. The first-order valence-corrected chi connectivity index (χ1v) is 8.13. The number of hydrogen-bond acceptors (Lipinski definition) is 3. The molecule has 0 radical (unpaired) electrons. The van der Waals surface area contributed by atoms with Gasteiger partial charge in [-0.2, -0.15) is 11.8 Å².